The second-order valence-corrected chi connectivity index (χ2v) is 22.2. The lowest BCUT2D eigenvalue weighted by molar-refractivity contribution is -0.123. The first-order chi connectivity index (χ1) is 34.7. The number of amides is 1. The van der Waals surface area contributed by atoms with E-state index < -0.39 is 12.1 Å². The highest BCUT2D eigenvalue weighted by atomic mass is 16.3. The summed E-state index contributed by atoms with van der Waals surface area (Å²) in [6.45, 7) is 4.33. The highest BCUT2D eigenvalue weighted by Crippen LogP contribution is 2.18. The molecule has 0 bridgehead atoms. The van der Waals surface area contributed by atoms with E-state index >= 15 is 0 Å². The Bertz CT molecular complexity index is 1070. The Morgan fingerprint density at radius 1 is 0.343 bits per heavy atom. The van der Waals surface area contributed by atoms with Gasteiger partial charge < -0.3 is 15.5 Å². The number of carbonyl (C=O) groups is 1. The van der Waals surface area contributed by atoms with Gasteiger partial charge in [-0.05, 0) is 51.4 Å². The lowest BCUT2D eigenvalue weighted by Crippen LogP contribution is -2.45. The summed E-state index contributed by atoms with van der Waals surface area (Å²) in [5.41, 5.74) is 0. The van der Waals surface area contributed by atoms with E-state index in [4.69, 9.17) is 0 Å². The van der Waals surface area contributed by atoms with Gasteiger partial charge in [-0.15, -0.1) is 0 Å². The topological polar surface area (TPSA) is 69.6 Å². The average molecular weight is 983 g/mol. The van der Waals surface area contributed by atoms with Crippen LogP contribution in [0.3, 0.4) is 0 Å². The van der Waals surface area contributed by atoms with Gasteiger partial charge in [-0.3, -0.25) is 4.79 Å². The van der Waals surface area contributed by atoms with Gasteiger partial charge in [-0.2, -0.15) is 0 Å². The fraction of sp³-hybridized carbons (Fsp3) is 0.894. The normalized spacial score (nSPS) is 12.9. The van der Waals surface area contributed by atoms with Crippen molar-refractivity contribution in [2.75, 3.05) is 6.61 Å². The lowest BCUT2D eigenvalue weighted by Gasteiger charge is -2.20. The third-order valence-corrected chi connectivity index (χ3v) is 15.1. The number of rotatable bonds is 60. The van der Waals surface area contributed by atoms with Gasteiger partial charge >= 0.3 is 0 Å². The van der Waals surface area contributed by atoms with Crippen molar-refractivity contribution in [3.05, 3.63) is 36.5 Å². The van der Waals surface area contributed by atoms with Crippen LogP contribution in [0.4, 0.5) is 0 Å². The van der Waals surface area contributed by atoms with Crippen molar-refractivity contribution in [2.24, 2.45) is 0 Å². The number of aliphatic hydroxyl groups excluding tert-OH is 2. The summed E-state index contributed by atoms with van der Waals surface area (Å²) >= 11 is 0. The monoisotopic (exact) mass is 982 g/mol. The molecule has 0 aliphatic carbocycles. The highest BCUT2D eigenvalue weighted by molar-refractivity contribution is 5.76. The molecule has 0 saturated heterocycles. The average Bonchev–Trinajstić information content (AvgIpc) is 3.36. The molecule has 4 heteroatoms. The Hall–Kier alpha value is -1.39. The van der Waals surface area contributed by atoms with Gasteiger partial charge in [0.1, 0.15) is 0 Å². The first kappa shape index (κ1) is 68.6. The number of aliphatic hydroxyl groups is 2. The van der Waals surface area contributed by atoms with Gasteiger partial charge in [0.05, 0.1) is 18.8 Å². The maximum absolute atomic E-state index is 12.5. The molecule has 2 atom stereocenters. The number of hydrogen-bond acceptors (Lipinski definition) is 3. The molecule has 2 unspecified atom stereocenters. The smallest absolute Gasteiger partial charge is 0.220 e. The summed E-state index contributed by atoms with van der Waals surface area (Å²) in [5, 5.41) is 23.2. The zero-order valence-corrected chi connectivity index (χ0v) is 47.8. The van der Waals surface area contributed by atoms with Crippen LogP contribution in [0.1, 0.15) is 361 Å². The molecule has 414 valence electrons. The Balaban J connectivity index is 3.37. The maximum atomic E-state index is 12.5. The zero-order valence-electron chi connectivity index (χ0n) is 47.8. The molecule has 0 heterocycles. The van der Waals surface area contributed by atoms with E-state index in [9.17, 15) is 15.0 Å². The van der Waals surface area contributed by atoms with Crippen molar-refractivity contribution >= 4 is 5.91 Å². The lowest BCUT2D eigenvalue weighted by atomic mass is 10.0. The van der Waals surface area contributed by atoms with E-state index in [1.807, 2.05) is 6.08 Å². The minimum Gasteiger partial charge on any atom is -0.394 e. The molecule has 0 aromatic rings. The van der Waals surface area contributed by atoms with Crippen LogP contribution in [0.25, 0.3) is 0 Å². The second kappa shape index (κ2) is 61.9. The number of allylic oxidation sites excluding steroid dienone is 5. The highest BCUT2D eigenvalue weighted by Gasteiger charge is 2.18. The summed E-state index contributed by atoms with van der Waals surface area (Å²) in [6.07, 6.45) is 85.0. The molecule has 0 aromatic carbocycles. The Morgan fingerprint density at radius 3 is 0.857 bits per heavy atom. The Morgan fingerprint density at radius 2 is 0.586 bits per heavy atom. The van der Waals surface area contributed by atoms with Crippen LogP contribution in [0.2, 0.25) is 0 Å². The summed E-state index contributed by atoms with van der Waals surface area (Å²) in [5.74, 6) is -0.0566. The molecule has 3 N–H and O–H groups in total. The first-order valence-electron chi connectivity index (χ1n) is 32.2. The largest absolute Gasteiger partial charge is 0.394 e. The number of carbonyl (C=O) groups excluding carboxylic acids is 1. The fourth-order valence-electron chi connectivity index (χ4n) is 10.2. The molecule has 0 fully saturated rings. The molecule has 0 rings (SSSR count). The van der Waals surface area contributed by atoms with Crippen molar-refractivity contribution in [1.29, 1.82) is 0 Å². The molecule has 0 aromatic heterocycles. The van der Waals surface area contributed by atoms with Crippen molar-refractivity contribution in [3.63, 3.8) is 0 Å². The summed E-state index contributed by atoms with van der Waals surface area (Å²) < 4.78 is 0. The minimum atomic E-state index is -0.837. The SMILES string of the molecule is CCCCCCC/C=C\C/C=C\CCCCCCCCCCCCCCCCCCCCCCCCCCCCCCCC(=O)NC(CO)C(O)/C=C/CCCCCCCCCCCCCCCCC. The van der Waals surface area contributed by atoms with Crippen LogP contribution < -0.4 is 5.32 Å². The van der Waals surface area contributed by atoms with Crippen molar-refractivity contribution < 1.29 is 15.0 Å². The van der Waals surface area contributed by atoms with E-state index in [0.717, 1.165) is 32.1 Å². The number of unbranched alkanes of at least 4 members (excludes halogenated alkanes) is 49. The number of hydrogen-bond donors (Lipinski definition) is 3. The van der Waals surface area contributed by atoms with Crippen LogP contribution in [0, 0.1) is 0 Å². The summed E-state index contributed by atoms with van der Waals surface area (Å²) in [6, 6.07) is -0.620. The molecule has 70 heavy (non-hydrogen) atoms. The van der Waals surface area contributed by atoms with Crippen molar-refractivity contribution in [2.45, 2.75) is 373 Å². The van der Waals surface area contributed by atoms with Gasteiger partial charge in [0.2, 0.25) is 5.91 Å². The van der Waals surface area contributed by atoms with E-state index in [1.54, 1.807) is 6.08 Å². The molecule has 0 aliphatic rings. The molecule has 0 spiro atoms. The van der Waals surface area contributed by atoms with Crippen LogP contribution in [-0.2, 0) is 4.79 Å². The fourth-order valence-corrected chi connectivity index (χ4v) is 10.2. The predicted octanol–water partition coefficient (Wildman–Crippen LogP) is 21.6. The van der Waals surface area contributed by atoms with Gasteiger partial charge in [0, 0.05) is 6.42 Å². The standard InChI is InChI=1S/C66H127NO3/c1-3-5-7-9-11-13-15-17-19-21-22-23-24-25-26-27-28-29-30-31-32-33-34-35-36-37-38-39-40-41-42-43-44-46-48-50-52-54-56-58-60-62-66(70)67-64(63-68)65(69)61-59-57-55-53-51-49-47-45-20-18-16-14-12-10-8-6-4-2/h15,17,21-22,59,61,64-65,68-69H,3-14,16,18-20,23-58,60,62-63H2,1-2H3,(H,67,70)/b17-15-,22-21-,61-59+. The quantitative estimate of drug-likeness (QED) is 0.0420. The summed E-state index contributed by atoms with van der Waals surface area (Å²) in [4.78, 5) is 12.5. The zero-order chi connectivity index (χ0) is 50.6. The van der Waals surface area contributed by atoms with Crippen molar-refractivity contribution in [3.8, 4) is 0 Å². The molecule has 0 radical (unpaired) electrons. The Kier molecular flexibility index (Phi) is 60.7. The van der Waals surface area contributed by atoms with Crippen LogP contribution >= 0.6 is 0 Å². The van der Waals surface area contributed by atoms with Crippen LogP contribution in [-0.4, -0.2) is 34.9 Å². The van der Waals surface area contributed by atoms with Crippen LogP contribution in [0.5, 0.6) is 0 Å². The molecular weight excluding hydrogens is 855 g/mol. The second-order valence-electron chi connectivity index (χ2n) is 22.2. The van der Waals surface area contributed by atoms with Gasteiger partial charge in [0.15, 0.2) is 0 Å². The minimum absolute atomic E-state index is 0.0566. The molecule has 0 aliphatic heterocycles. The van der Waals surface area contributed by atoms with E-state index in [2.05, 4.69) is 43.5 Å². The van der Waals surface area contributed by atoms with E-state index in [0.29, 0.717) is 6.42 Å². The summed E-state index contributed by atoms with van der Waals surface area (Å²) in [7, 11) is 0. The van der Waals surface area contributed by atoms with Crippen molar-refractivity contribution in [1.82, 2.24) is 5.32 Å². The predicted molar refractivity (Wildman–Crippen MR) is 313 cm³/mol. The third-order valence-electron chi connectivity index (χ3n) is 15.1. The van der Waals surface area contributed by atoms with Gasteiger partial charge in [-0.25, -0.2) is 0 Å². The molecular formula is C66H127NO3. The first-order valence-corrected chi connectivity index (χ1v) is 32.2. The molecule has 4 nitrogen and oxygen atoms in total. The van der Waals surface area contributed by atoms with Gasteiger partial charge in [0.25, 0.3) is 0 Å². The molecule has 1 amide bonds. The number of nitrogens with one attached hydrogen (secondary N) is 1. The van der Waals surface area contributed by atoms with E-state index in [-0.39, 0.29) is 12.5 Å². The van der Waals surface area contributed by atoms with E-state index in [1.165, 1.54) is 308 Å². The Labute approximate surface area is 440 Å². The molecule has 0 saturated carbocycles. The third kappa shape index (κ3) is 57.5. The van der Waals surface area contributed by atoms with Crippen LogP contribution in [0.15, 0.2) is 36.5 Å². The maximum Gasteiger partial charge on any atom is 0.220 e. The van der Waals surface area contributed by atoms with Gasteiger partial charge in [-0.1, -0.05) is 339 Å².